The number of nitrogens with one attached hydrogen (secondary N) is 1. The Kier molecular flexibility index (Phi) is 12.0. The molecule has 222 valence electrons. The number of hydrogen-bond acceptors (Lipinski definition) is 16. The van der Waals surface area contributed by atoms with Gasteiger partial charge in [0.25, 0.3) is 5.56 Å². The molecule has 2 aliphatic rings. The Morgan fingerprint density at radius 2 is 1.58 bits per heavy atom. The van der Waals surface area contributed by atoms with Gasteiger partial charge < -0.3 is 57.1 Å². The van der Waals surface area contributed by atoms with Crippen molar-refractivity contribution in [3.63, 3.8) is 0 Å². The molecule has 2 saturated heterocycles. The second kappa shape index (κ2) is 13.2. The van der Waals surface area contributed by atoms with Crippen LogP contribution in [0.1, 0.15) is 6.23 Å². The molecule has 0 saturated carbocycles. The predicted molar refractivity (Wildman–Crippen MR) is 118 cm³/mol. The zero-order valence-electron chi connectivity index (χ0n) is 19.2. The van der Waals surface area contributed by atoms with E-state index in [1.54, 1.807) is 0 Å². The predicted octanol–water partition coefficient (Wildman–Crippen LogP) is -3.49. The summed E-state index contributed by atoms with van der Waals surface area (Å²) >= 11 is 0. The van der Waals surface area contributed by atoms with Crippen LogP contribution >= 0.6 is 15.6 Å². The SMILES string of the molecule is N.N.O=c1ccn([C@@H]2O[C@H](COP(=O)(O)OP(=O)(O)O[C@H]3O[C@H](CO)[C@@H](O)[C@H](O)[C@H]3F)[C@@H](O)[C@H]2O)c(=O)[nH]1. The molecule has 0 amide bonds. The molecule has 14 N–H and O–H groups in total. The first-order chi connectivity index (χ1) is 16.7. The summed E-state index contributed by atoms with van der Waals surface area (Å²) < 4.78 is 61.7. The van der Waals surface area contributed by atoms with Gasteiger partial charge in [0.1, 0.15) is 36.6 Å². The summed E-state index contributed by atoms with van der Waals surface area (Å²) in [5.41, 5.74) is -1.76. The number of rotatable bonds is 9. The fourth-order valence-electron chi connectivity index (χ4n) is 3.33. The summed E-state index contributed by atoms with van der Waals surface area (Å²) in [4.78, 5) is 44.4. The molecular weight excluding hydrogens is 573 g/mol. The van der Waals surface area contributed by atoms with Crippen molar-refractivity contribution in [2.45, 2.75) is 55.3 Å². The lowest BCUT2D eigenvalue weighted by molar-refractivity contribution is -0.265. The van der Waals surface area contributed by atoms with Gasteiger partial charge in [-0.2, -0.15) is 4.31 Å². The Morgan fingerprint density at radius 1 is 0.974 bits per heavy atom. The number of nitrogens with zero attached hydrogens (tertiary/aromatic N) is 1. The quantitative estimate of drug-likeness (QED) is 0.123. The monoisotopic (exact) mass is 602 g/mol. The maximum atomic E-state index is 14.1. The van der Waals surface area contributed by atoms with E-state index in [1.165, 1.54) is 0 Å². The normalized spacial score (nSPS) is 36.4. The number of H-pyrrole nitrogens is 1. The van der Waals surface area contributed by atoms with Crippen molar-refractivity contribution in [3.05, 3.63) is 33.1 Å². The zero-order chi connectivity index (χ0) is 27.0. The highest BCUT2D eigenvalue weighted by atomic mass is 31.3. The standard InChI is InChI=1S/C15H23FN2O16P2.2H3N/c16-8-11(23)9(21)5(3-19)32-14(8)33-36(28,29)34-35(26,27)30-4-6-10(22)12(24)13(31-6)18-2-1-7(20)17-15(18)25;;/h1-2,5-6,8-14,19,21-24H,3-4H2,(H,26,27)(H,28,29)(H,17,20,25);2*1H3/t5-,6-,8-,9-,10-,11-,12-,13-,14-;;/m1../s1. The first-order valence-corrected chi connectivity index (χ1v) is 12.9. The van der Waals surface area contributed by atoms with E-state index >= 15 is 0 Å². The lowest BCUT2D eigenvalue weighted by Crippen LogP contribution is -2.57. The number of aromatic amines is 1. The molecule has 2 unspecified atom stereocenters. The second-order valence-electron chi connectivity index (χ2n) is 7.63. The van der Waals surface area contributed by atoms with E-state index < -0.39 is 95.4 Å². The molecule has 20 nitrogen and oxygen atoms in total. The number of ether oxygens (including phenoxy) is 2. The fourth-order valence-corrected chi connectivity index (χ4v) is 5.48. The Morgan fingerprint density at radius 3 is 2.16 bits per heavy atom. The third-order valence-corrected chi connectivity index (χ3v) is 7.71. The van der Waals surface area contributed by atoms with Crippen LogP contribution in [0, 0.1) is 0 Å². The van der Waals surface area contributed by atoms with Gasteiger partial charge in [-0.05, 0) is 0 Å². The smallest absolute Gasteiger partial charge is 0.394 e. The van der Waals surface area contributed by atoms with Crippen LogP contribution in [0.15, 0.2) is 21.9 Å². The molecule has 3 rings (SSSR count). The molecule has 0 bridgehead atoms. The molecule has 1 aromatic rings. The van der Waals surface area contributed by atoms with Crippen molar-refractivity contribution < 1.29 is 71.7 Å². The van der Waals surface area contributed by atoms with Crippen LogP contribution in [-0.4, -0.2) is 107 Å². The number of aliphatic hydroxyl groups is 5. The molecule has 2 fully saturated rings. The molecule has 1 aromatic heterocycles. The largest absolute Gasteiger partial charge is 0.483 e. The summed E-state index contributed by atoms with van der Waals surface area (Å²) in [6.45, 7) is -2.01. The van der Waals surface area contributed by atoms with Crippen molar-refractivity contribution in [3.8, 4) is 0 Å². The van der Waals surface area contributed by atoms with Gasteiger partial charge in [-0.3, -0.25) is 23.4 Å². The summed E-state index contributed by atoms with van der Waals surface area (Å²) in [5.74, 6) is 0. The van der Waals surface area contributed by atoms with Crippen LogP contribution in [0.2, 0.25) is 0 Å². The Hall–Kier alpha value is -1.49. The topological polar surface area (TPSA) is 347 Å². The highest BCUT2D eigenvalue weighted by Crippen LogP contribution is 2.61. The van der Waals surface area contributed by atoms with Gasteiger partial charge in [0.05, 0.1) is 13.2 Å². The van der Waals surface area contributed by atoms with Gasteiger partial charge in [0.15, 0.2) is 12.4 Å². The van der Waals surface area contributed by atoms with Crippen molar-refractivity contribution >= 4 is 15.6 Å². The number of phosphoric acid groups is 2. The van der Waals surface area contributed by atoms with Gasteiger partial charge >= 0.3 is 21.3 Å². The number of phosphoric ester groups is 2. The van der Waals surface area contributed by atoms with Crippen LogP contribution in [0.3, 0.4) is 0 Å². The number of aliphatic hydroxyl groups excluding tert-OH is 5. The fraction of sp³-hybridized carbons (Fsp3) is 0.733. The van der Waals surface area contributed by atoms with Gasteiger partial charge in [0, 0.05) is 12.3 Å². The van der Waals surface area contributed by atoms with Crippen molar-refractivity contribution in [2.24, 2.45) is 0 Å². The molecular formula is C15H29FN4O16P2. The molecule has 11 atom stereocenters. The lowest BCUT2D eigenvalue weighted by atomic mass is 10.0. The lowest BCUT2D eigenvalue weighted by Gasteiger charge is -2.38. The molecule has 0 radical (unpaired) electrons. The van der Waals surface area contributed by atoms with Crippen molar-refractivity contribution in [1.82, 2.24) is 21.9 Å². The number of aromatic nitrogens is 2. The average Bonchev–Trinajstić information content (AvgIpc) is 3.06. The van der Waals surface area contributed by atoms with E-state index in [1.807, 2.05) is 4.98 Å². The summed E-state index contributed by atoms with van der Waals surface area (Å²) in [5, 5.41) is 48.5. The van der Waals surface area contributed by atoms with E-state index in [4.69, 9.17) is 14.6 Å². The molecule has 0 aliphatic carbocycles. The number of alkyl halides is 1. The van der Waals surface area contributed by atoms with Crippen LogP contribution in [0.5, 0.6) is 0 Å². The van der Waals surface area contributed by atoms with Crippen LogP contribution < -0.4 is 23.6 Å². The maximum absolute atomic E-state index is 14.1. The van der Waals surface area contributed by atoms with Crippen molar-refractivity contribution in [2.75, 3.05) is 13.2 Å². The number of halogens is 1. The molecule has 0 spiro atoms. The summed E-state index contributed by atoms with van der Waals surface area (Å²) in [6.07, 6.45) is -16.6. The highest BCUT2D eigenvalue weighted by molar-refractivity contribution is 7.61. The van der Waals surface area contributed by atoms with E-state index in [-0.39, 0.29) is 12.3 Å². The van der Waals surface area contributed by atoms with Crippen molar-refractivity contribution in [1.29, 1.82) is 0 Å². The average molecular weight is 602 g/mol. The van der Waals surface area contributed by atoms with Crippen LogP contribution in [-0.2, 0) is 32.0 Å². The second-order valence-corrected chi connectivity index (χ2v) is 10.6. The zero-order valence-corrected chi connectivity index (χ0v) is 21.0. The summed E-state index contributed by atoms with van der Waals surface area (Å²) in [7, 11) is -11.2. The van der Waals surface area contributed by atoms with E-state index in [2.05, 4.69) is 13.4 Å². The van der Waals surface area contributed by atoms with Gasteiger partial charge in [-0.25, -0.2) is 18.3 Å². The minimum absolute atomic E-state index is 0. The first-order valence-electron chi connectivity index (χ1n) is 9.95. The Balaban J connectivity index is 0.00000361. The van der Waals surface area contributed by atoms with E-state index in [0.717, 1.165) is 12.3 Å². The Bertz CT molecular complexity index is 1140. The molecule has 38 heavy (non-hydrogen) atoms. The third kappa shape index (κ3) is 7.79. The van der Waals surface area contributed by atoms with E-state index in [9.17, 15) is 53.3 Å². The molecule has 2 aliphatic heterocycles. The third-order valence-electron chi connectivity index (χ3n) is 5.11. The first kappa shape index (κ1) is 34.5. The van der Waals surface area contributed by atoms with Crippen LogP contribution in [0.25, 0.3) is 0 Å². The molecule has 23 heteroatoms. The maximum Gasteiger partial charge on any atom is 0.483 e. The Labute approximate surface area is 211 Å². The highest BCUT2D eigenvalue weighted by Gasteiger charge is 2.50. The van der Waals surface area contributed by atoms with E-state index in [0.29, 0.717) is 4.57 Å². The van der Waals surface area contributed by atoms with Gasteiger partial charge in [-0.15, -0.1) is 0 Å². The molecule has 3 heterocycles. The minimum Gasteiger partial charge on any atom is -0.394 e. The van der Waals surface area contributed by atoms with Crippen LogP contribution in [0.4, 0.5) is 4.39 Å². The number of hydrogen-bond donors (Lipinski definition) is 10. The molecule has 0 aromatic carbocycles. The van der Waals surface area contributed by atoms with Gasteiger partial charge in [-0.1, -0.05) is 0 Å². The minimum atomic E-state index is -5.67. The van der Waals surface area contributed by atoms with Gasteiger partial charge in [0.2, 0.25) is 6.29 Å². The summed E-state index contributed by atoms with van der Waals surface area (Å²) in [6, 6.07) is 0.919.